The second-order valence-electron chi connectivity index (χ2n) is 12.8. The summed E-state index contributed by atoms with van der Waals surface area (Å²) in [6, 6.07) is 40.6. The molecular formula is C45H36N4O5S2. The first-order valence-corrected chi connectivity index (χ1v) is 19.4. The summed E-state index contributed by atoms with van der Waals surface area (Å²) < 4.78 is 5.14. The van der Waals surface area contributed by atoms with Crippen molar-refractivity contribution in [3.05, 3.63) is 179 Å². The van der Waals surface area contributed by atoms with Crippen molar-refractivity contribution < 1.29 is 23.9 Å². The standard InChI is InChI=1S/C45H36N4O5S2/c1-28-20-22-29(23-21-28)36-27-55-44(39(36)45(53)54-2)49-43(52)40(30-12-5-3-6-13-30)56-34-17-11-16-33(25-34)47-42(51)38(48-41(50)31-14-7-4-8-15-31)24-32-26-46-37-19-10-9-18-35(32)37/h3-27,40,46H,1-2H3,(H,47,51)(H,48,50)(H,49,52)/b38-24-. The molecule has 56 heavy (non-hydrogen) atoms. The van der Waals surface area contributed by atoms with E-state index in [1.165, 1.54) is 30.2 Å². The number of rotatable bonds is 12. The van der Waals surface area contributed by atoms with E-state index in [4.69, 9.17) is 4.74 Å². The molecule has 1 atom stereocenters. The van der Waals surface area contributed by atoms with E-state index >= 15 is 0 Å². The lowest BCUT2D eigenvalue weighted by atomic mass is 10.0. The first-order valence-electron chi connectivity index (χ1n) is 17.6. The van der Waals surface area contributed by atoms with Gasteiger partial charge < -0.3 is 25.7 Å². The average Bonchev–Trinajstić information content (AvgIpc) is 3.84. The van der Waals surface area contributed by atoms with Gasteiger partial charge in [-0.1, -0.05) is 103 Å². The Hall–Kier alpha value is -6.69. The number of aromatic amines is 1. The number of hydrogen-bond donors (Lipinski definition) is 4. The fraction of sp³-hybridized carbons (Fsp3) is 0.0667. The van der Waals surface area contributed by atoms with Gasteiger partial charge in [0.25, 0.3) is 11.8 Å². The highest BCUT2D eigenvalue weighted by Gasteiger charge is 2.27. The van der Waals surface area contributed by atoms with E-state index in [9.17, 15) is 19.2 Å². The Morgan fingerprint density at radius 1 is 0.804 bits per heavy atom. The van der Waals surface area contributed by atoms with Crippen molar-refractivity contribution in [3.8, 4) is 11.1 Å². The van der Waals surface area contributed by atoms with Crippen LogP contribution in [0.2, 0.25) is 0 Å². The monoisotopic (exact) mass is 776 g/mol. The van der Waals surface area contributed by atoms with Gasteiger partial charge in [0.1, 0.15) is 21.5 Å². The number of aryl methyl sites for hydroxylation is 1. The molecule has 11 heteroatoms. The molecule has 0 aliphatic rings. The number of fused-ring (bicyclic) bond motifs is 1. The van der Waals surface area contributed by atoms with Gasteiger partial charge in [-0.2, -0.15) is 0 Å². The number of thioether (sulfide) groups is 1. The van der Waals surface area contributed by atoms with E-state index in [0.29, 0.717) is 26.7 Å². The van der Waals surface area contributed by atoms with Gasteiger partial charge in [0.05, 0.1) is 7.11 Å². The van der Waals surface area contributed by atoms with Crippen molar-refractivity contribution >= 4 is 74.5 Å². The van der Waals surface area contributed by atoms with Gasteiger partial charge in [-0.15, -0.1) is 23.1 Å². The molecule has 0 saturated carbocycles. The molecule has 1 unspecified atom stereocenters. The van der Waals surface area contributed by atoms with Crippen LogP contribution in [0.25, 0.3) is 28.1 Å². The molecule has 9 nitrogen and oxygen atoms in total. The highest BCUT2D eigenvalue weighted by atomic mass is 32.2. The molecule has 0 aliphatic heterocycles. The molecule has 0 spiro atoms. The Bertz CT molecular complexity index is 2560. The molecule has 7 aromatic rings. The van der Waals surface area contributed by atoms with Crippen molar-refractivity contribution in [2.75, 3.05) is 17.7 Å². The second-order valence-corrected chi connectivity index (χ2v) is 14.8. The minimum Gasteiger partial charge on any atom is -0.465 e. The summed E-state index contributed by atoms with van der Waals surface area (Å²) in [4.78, 5) is 58.4. The van der Waals surface area contributed by atoms with E-state index in [0.717, 1.165) is 33.2 Å². The molecule has 0 aliphatic carbocycles. The Morgan fingerprint density at radius 3 is 2.27 bits per heavy atom. The highest BCUT2D eigenvalue weighted by Crippen LogP contribution is 2.40. The molecule has 0 saturated heterocycles. The molecule has 278 valence electrons. The topological polar surface area (TPSA) is 129 Å². The van der Waals surface area contributed by atoms with E-state index in [2.05, 4.69) is 20.9 Å². The van der Waals surface area contributed by atoms with E-state index < -0.39 is 23.0 Å². The summed E-state index contributed by atoms with van der Waals surface area (Å²) in [5, 5.41) is 11.1. The predicted octanol–water partition coefficient (Wildman–Crippen LogP) is 9.87. The van der Waals surface area contributed by atoms with Crippen LogP contribution in [0.15, 0.2) is 156 Å². The quantitative estimate of drug-likeness (QED) is 0.0556. The van der Waals surface area contributed by atoms with E-state index in [1.807, 2.05) is 103 Å². The summed E-state index contributed by atoms with van der Waals surface area (Å²) in [5.74, 6) is -1.86. The highest BCUT2D eigenvalue weighted by molar-refractivity contribution is 8.00. The number of carbonyl (C=O) groups is 4. The third-order valence-corrected chi connectivity index (χ3v) is 11.1. The Labute approximate surface area is 331 Å². The first-order chi connectivity index (χ1) is 27.3. The largest absolute Gasteiger partial charge is 0.465 e. The summed E-state index contributed by atoms with van der Waals surface area (Å²) in [6.07, 6.45) is 3.42. The van der Waals surface area contributed by atoms with Crippen molar-refractivity contribution in [2.24, 2.45) is 0 Å². The number of ether oxygens (including phenoxy) is 1. The van der Waals surface area contributed by atoms with E-state index in [-0.39, 0.29) is 17.2 Å². The van der Waals surface area contributed by atoms with Gasteiger partial charge in [-0.25, -0.2) is 4.79 Å². The summed E-state index contributed by atoms with van der Waals surface area (Å²) in [7, 11) is 1.32. The van der Waals surface area contributed by atoms with Crippen LogP contribution in [0.5, 0.6) is 0 Å². The minimum atomic E-state index is -0.736. The number of benzene rings is 5. The van der Waals surface area contributed by atoms with Crippen LogP contribution in [-0.4, -0.2) is 35.8 Å². The van der Waals surface area contributed by atoms with E-state index in [1.54, 1.807) is 54.7 Å². The van der Waals surface area contributed by atoms with Crippen LogP contribution in [0.3, 0.4) is 0 Å². The third-order valence-electron chi connectivity index (χ3n) is 8.92. The van der Waals surface area contributed by atoms with Gasteiger partial charge in [0, 0.05) is 49.8 Å². The summed E-state index contributed by atoms with van der Waals surface area (Å²) in [5.41, 5.74) is 6.14. The number of carbonyl (C=O) groups excluding carboxylic acids is 4. The fourth-order valence-electron chi connectivity index (χ4n) is 6.07. The average molecular weight is 777 g/mol. The SMILES string of the molecule is COC(=O)c1c(-c2ccc(C)cc2)csc1NC(=O)C(Sc1cccc(NC(=O)/C(=C/c2c[nH]c3ccccc23)NC(=O)c2ccccc2)c1)c1ccccc1. The number of H-pyrrole nitrogens is 1. The maximum Gasteiger partial charge on any atom is 0.341 e. The zero-order chi connectivity index (χ0) is 39.0. The molecule has 2 aromatic heterocycles. The maximum absolute atomic E-state index is 14.2. The zero-order valence-corrected chi connectivity index (χ0v) is 32.0. The molecule has 4 N–H and O–H groups in total. The van der Waals surface area contributed by atoms with Crippen molar-refractivity contribution in [3.63, 3.8) is 0 Å². The Morgan fingerprint density at radius 2 is 1.52 bits per heavy atom. The molecule has 2 heterocycles. The number of amides is 3. The number of hydrogen-bond acceptors (Lipinski definition) is 7. The van der Waals surface area contributed by atoms with Crippen molar-refractivity contribution in [1.82, 2.24) is 10.3 Å². The van der Waals surface area contributed by atoms with Gasteiger partial charge >= 0.3 is 5.97 Å². The minimum absolute atomic E-state index is 0.0468. The van der Waals surface area contributed by atoms with Crippen LogP contribution in [0, 0.1) is 6.92 Å². The molecule has 7 rings (SSSR count). The lowest BCUT2D eigenvalue weighted by Gasteiger charge is -2.18. The number of nitrogens with one attached hydrogen (secondary N) is 4. The van der Waals surface area contributed by atoms with Crippen molar-refractivity contribution in [2.45, 2.75) is 17.1 Å². The molecule has 0 bridgehead atoms. The molecule has 5 aromatic carbocycles. The van der Waals surface area contributed by atoms with Crippen LogP contribution in [0.4, 0.5) is 10.7 Å². The number of para-hydroxylation sites is 1. The Balaban J connectivity index is 1.15. The second kappa shape index (κ2) is 17.2. The van der Waals surface area contributed by atoms with Crippen LogP contribution in [-0.2, 0) is 14.3 Å². The lowest BCUT2D eigenvalue weighted by Crippen LogP contribution is -2.30. The summed E-state index contributed by atoms with van der Waals surface area (Å²) in [6.45, 7) is 1.99. The van der Waals surface area contributed by atoms with Gasteiger partial charge in [-0.05, 0) is 60.5 Å². The summed E-state index contributed by atoms with van der Waals surface area (Å²) >= 11 is 2.55. The smallest absolute Gasteiger partial charge is 0.341 e. The van der Waals surface area contributed by atoms with Crippen molar-refractivity contribution in [1.29, 1.82) is 0 Å². The maximum atomic E-state index is 14.2. The van der Waals surface area contributed by atoms with Gasteiger partial charge in [0.2, 0.25) is 5.91 Å². The van der Waals surface area contributed by atoms with Gasteiger partial charge in [0.15, 0.2) is 0 Å². The predicted molar refractivity (Wildman–Crippen MR) is 225 cm³/mol. The number of aromatic nitrogens is 1. The lowest BCUT2D eigenvalue weighted by molar-refractivity contribution is -0.116. The fourth-order valence-corrected chi connectivity index (χ4v) is 8.12. The number of thiophene rings is 1. The van der Waals surface area contributed by atoms with Crippen LogP contribution in [0.1, 0.15) is 42.7 Å². The number of methoxy groups -OCH3 is 1. The molecule has 0 fully saturated rings. The third kappa shape index (κ3) is 8.65. The van der Waals surface area contributed by atoms with Crippen LogP contribution >= 0.6 is 23.1 Å². The number of anilines is 2. The number of esters is 1. The molecule has 3 amide bonds. The molecule has 0 radical (unpaired) electrons. The normalized spacial score (nSPS) is 11.8. The molecular weight excluding hydrogens is 741 g/mol. The zero-order valence-electron chi connectivity index (χ0n) is 30.4. The van der Waals surface area contributed by atoms with Crippen LogP contribution < -0.4 is 16.0 Å². The van der Waals surface area contributed by atoms with Gasteiger partial charge in [-0.3, -0.25) is 14.4 Å². The Kier molecular flexibility index (Phi) is 11.5. The first kappa shape index (κ1) is 37.6.